The van der Waals surface area contributed by atoms with Gasteiger partial charge in [0.25, 0.3) is 0 Å². The van der Waals surface area contributed by atoms with E-state index in [-0.39, 0.29) is 18.4 Å². The van der Waals surface area contributed by atoms with E-state index in [1.165, 1.54) is 10.4 Å². The molecular formula is C14H21N3O2S. The van der Waals surface area contributed by atoms with Gasteiger partial charge in [-0.25, -0.2) is 0 Å². The van der Waals surface area contributed by atoms with Gasteiger partial charge in [0.15, 0.2) is 0 Å². The van der Waals surface area contributed by atoms with Crippen molar-refractivity contribution < 1.29 is 9.59 Å². The summed E-state index contributed by atoms with van der Waals surface area (Å²) in [5.74, 6) is -0.314. The molecule has 0 saturated carbocycles. The predicted octanol–water partition coefficient (Wildman–Crippen LogP) is 0.732. The van der Waals surface area contributed by atoms with Crippen LogP contribution in [-0.2, 0) is 22.6 Å². The summed E-state index contributed by atoms with van der Waals surface area (Å²) in [7, 11) is 0. The first-order valence-electron chi connectivity index (χ1n) is 6.84. The van der Waals surface area contributed by atoms with Crippen molar-refractivity contribution >= 4 is 23.2 Å². The number of primary amides is 1. The lowest BCUT2D eigenvalue weighted by atomic mass is 10.0. The second-order valence-electron chi connectivity index (χ2n) is 5.44. The molecule has 1 atom stereocenters. The molecule has 0 saturated heterocycles. The third-order valence-corrected chi connectivity index (χ3v) is 4.63. The monoisotopic (exact) mass is 295 g/mol. The molecule has 0 bridgehead atoms. The molecule has 2 amide bonds. The van der Waals surface area contributed by atoms with Crippen molar-refractivity contribution in [3.63, 3.8) is 0 Å². The molecule has 0 aromatic carbocycles. The standard InChI is InChI=1S/C14H21N3O2S/c1-9(2)13(14(15)19)16-7-12(18)17-5-3-11-10(8-17)4-6-20-11/h4,6,9,13,16H,3,5,7-8H2,1-2H3,(H2,15,19). The lowest BCUT2D eigenvalue weighted by Crippen LogP contribution is -2.49. The van der Waals surface area contributed by atoms with E-state index in [1.54, 1.807) is 11.3 Å². The fourth-order valence-electron chi connectivity index (χ4n) is 2.44. The van der Waals surface area contributed by atoms with E-state index in [2.05, 4.69) is 16.8 Å². The average Bonchev–Trinajstić information content (AvgIpc) is 2.84. The highest BCUT2D eigenvalue weighted by Gasteiger charge is 2.24. The molecule has 2 heterocycles. The first-order valence-corrected chi connectivity index (χ1v) is 7.72. The highest BCUT2D eigenvalue weighted by molar-refractivity contribution is 7.10. The Labute approximate surface area is 123 Å². The second kappa shape index (κ2) is 6.37. The molecule has 0 radical (unpaired) electrons. The van der Waals surface area contributed by atoms with Crippen molar-refractivity contribution in [2.45, 2.75) is 32.9 Å². The van der Waals surface area contributed by atoms with Crippen LogP contribution in [0.25, 0.3) is 0 Å². The molecule has 1 aliphatic heterocycles. The van der Waals surface area contributed by atoms with Gasteiger partial charge in [-0.05, 0) is 29.3 Å². The smallest absolute Gasteiger partial charge is 0.236 e. The van der Waals surface area contributed by atoms with Gasteiger partial charge in [-0.1, -0.05) is 13.8 Å². The van der Waals surface area contributed by atoms with Gasteiger partial charge in [-0.2, -0.15) is 0 Å². The van der Waals surface area contributed by atoms with Crippen LogP contribution >= 0.6 is 11.3 Å². The van der Waals surface area contributed by atoms with Gasteiger partial charge >= 0.3 is 0 Å². The Morgan fingerprint density at radius 1 is 1.50 bits per heavy atom. The summed E-state index contributed by atoms with van der Waals surface area (Å²) < 4.78 is 0. The van der Waals surface area contributed by atoms with Crippen LogP contribution in [0.1, 0.15) is 24.3 Å². The number of amides is 2. The number of carbonyl (C=O) groups excluding carboxylic acids is 2. The fraction of sp³-hybridized carbons (Fsp3) is 0.571. The predicted molar refractivity (Wildman–Crippen MR) is 79.3 cm³/mol. The largest absolute Gasteiger partial charge is 0.368 e. The summed E-state index contributed by atoms with van der Waals surface area (Å²) in [6.07, 6.45) is 0.919. The third-order valence-electron chi connectivity index (χ3n) is 3.61. The van der Waals surface area contributed by atoms with Gasteiger partial charge in [0.2, 0.25) is 11.8 Å². The first-order chi connectivity index (χ1) is 9.49. The minimum atomic E-state index is -0.458. The molecule has 20 heavy (non-hydrogen) atoms. The van der Waals surface area contributed by atoms with Crippen LogP contribution in [0.2, 0.25) is 0 Å². The molecule has 6 heteroatoms. The van der Waals surface area contributed by atoms with Crippen LogP contribution in [0.15, 0.2) is 11.4 Å². The van der Waals surface area contributed by atoms with Crippen LogP contribution in [-0.4, -0.2) is 35.8 Å². The third kappa shape index (κ3) is 3.37. The molecule has 5 nitrogen and oxygen atoms in total. The van der Waals surface area contributed by atoms with Crippen LogP contribution in [0.3, 0.4) is 0 Å². The van der Waals surface area contributed by atoms with E-state index in [4.69, 9.17) is 5.73 Å². The van der Waals surface area contributed by atoms with E-state index in [1.807, 2.05) is 18.7 Å². The Kier molecular flexibility index (Phi) is 4.77. The van der Waals surface area contributed by atoms with Crippen molar-refractivity contribution in [3.8, 4) is 0 Å². The molecule has 3 N–H and O–H groups in total. The average molecular weight is 295 g/mol. The minimum absolute atomic E-state index is 0.0220. The SMILES string of the molecule is CC(C)C(NCC(=O)N1CCc2sccc2C1)C(N)=O. The second-order valence-corrected chi connectivity index (χ2v) is 6.44. The number of hydrogen-bond donors (Lipinski definition) is 2. The Hall–Kier alpha value is -1.40. The van der Waals surface area contributed by atoms with Gasteiger partial charge in [-0.3, -0.25) is 14.9 Å². The maximum atomic E-state index is 12.2. The maximum Gasteiger partial charge on any atom is 0.236 e. The summed E-state index contributed by atoms with van der Waals surface area (Å²) in [5.41, 5.74) is 6.57. The zero-order valence-corrected chi connectivity index (χ0v) is 12.7. The lowest BCUT2D eigenvalue weighted by molar-refractivity contribution is -0.131. The summed E-state index contributed by atoms with van der Waals surface area (Å²) in [4.78, 5) is 26.7. The number of nitrogens with zero attached hydrogens (tertiary/aromatic N) is 1. The summed E-state index contributed by atoms with van der Waals surface area (Å²) >= 11 is 1.75. The van der Waals surface area contributed by atoms with Crippen molar-refractivity contribution in [1.29, 1.82) is 0 Å². The zero-order chi connectivity index (χ0) is 14.7. The quantitative estimate of drug-likeness (QED) is 0.841. The van der Waals surface area contributed by atoms with Gasteiger partial charge in [0.1, 0.15) is 0 Å². The topological polar surface area (TPSA) is 75.4 Å². The van der Waals surface area contributed by atoms with E-state index in [0.717, 1.165) is 13.0 Å². The fourth-order valence-corrected chi connectivity index (χ4v) is 3.32. The maximum absolute atomic E-state index is 12.2. The van der Waals surface area contributed by atoms with E-state index in [9.17, 15) is 9.59 Å². The van der Waals surface area contributed by atoms with Gasteiger partial charge in [0.05, 0.1) is 12.6 Å². The van der Waals surface area contributed by atoms with Crippen LogP contribution in [0.4, 0.5) is 0 Å². The van der Waals surface area contributed by atoms with Gasteiger partial charge < -0.3 is 10.6 Å². The van der Waals surface area contributed by atoms with Gasteiger partial charge in [0, 0.05) is 18.0 Å². The zero-order valence-electron chi connectivity index (χ0n) is 11.9. The minimum Gasteiger partial charge on any atom is -0.368 e. The van der Waals surface area contributed by atoms with Crippen LogP contribution in [0.5, 0.6) is 0 Å². The Morgan fingerprint density at radius 2 is 2.25 bits per heavy atom. The van der Waals surface area contributed by atoms with E-state index < -0.39 is 11.9 Å². The Bertz CT molecular complexity index is 498. The first kappa shape index (κ1) is 15.0. The van der Waals surface area contributed by atoms with E-state index >= 15 is 0 Å². The Morgan fingerprint density at radius 3 is 2.90 bits per heavy atom. The highest BCUT2D eigenvalue weighted by atomic mass is 32.1. The molecule has 0 fully saturated rings. The lowest BCUT2D eigenvalue weighted by Gasteiger charge is -2.28. The summed E-state index contributed by atoms with van der Waals surface area (Å²) in [6.45, 7) is 5.39. The van der Waals surface area contributed by atoms with Gasteiger partial charge in [-0.15, -0.1) is 11.3 Å². The number of hydrogen-bond acceptors (Lipinski definition) is 4. The summed E-state index contributed by atoms with van der Waals surface area (Å²) in [6, 6.07) is 1.62. The molecule has 0 spiro atoms. The molecule has 1 aromatic heterocycles. The number of rotatable bonds is 5. The molecule has 110 valence electrons. The van der Waals surface area contributed by atoms with Crippen LogP contribution < -0.4 is 11.1 Å². The number of thiophene rings is 1. The molecule has 0 aliphatic carbocycles. The van der Waals surface area contributed by atoms with Crippen LogP contribution in [0, 0.1) is 5.92 Å². The molecule has 1 aromatic rings. The summed E-state index contributed by atoms with van der Waals surface area (Å²) in [5, 5.41) is 5.04. The molecular weight excluding hydrogens is 274 g/mol. The van der Waals surface area contributed by atoms with Crippen molar-refractivity contribution in [1.82, 2.24) is 10.2 Å². The van der Waals surface area contributed by atoms with Crippen molar-refractivity contribution in [3.05, 3.63) is 21.9 Å². The molecule has 2 rings (SSSR count). The molecule has 1 aliphatic rings. The van der Waals surface area contributed by atoms with Crippen molar-refractivity contribution in [2.24, 2.45) is 11.7 Å². The highest BCUT2D eigenvalue weighted by Crippen LogP contribution is 2.23. The van der Waals surface area contributed by atoms with Crippen molar-refractivity contribution in [2.75, 3.05) is 13.1 Å². The molecule has 1 unspecified atom stereocenters. The number of nitrogens with two attached hydrogens (primary N) is 1. The van der Waals surface area contributed by atoms with E-state index in [0.29, 0.717) is 6.54 Å². The number of nitrogens with one attached hydrogen (secondary N) is 1. The number of carbonyl (C=O) groups is 2. The Balaban J connectivity index is 1.88. The number of fused-ring (bicyclic) bond motifs is 1. The normalized spacial score (nSPS) is 16.1.